The second-order valence-electron chi connectivity index (χ2n) is 7.10. The Labute approximate surface area is 201 Å². The molecule has 182 valence electrons. The number of hydrogen-bond donors (Lipinski definition) is 0. The summed E-state index contributed by atoms with van der Waals surface area (Å²) in [5, 5.41) is -4.56. The molecule has 0 amide bonds. The Morgan fingerprint density at radius 1 is 0.853 bits per heavy atom. The van der Waals surface area contributed by atoms with Gasteiger partial charge in [-0.05, 0) is 42.8 Å². The van der Waals surface area contributed by atoms with Crippen LogP contribution in [0.3, 0.4) is 0 Å². The van der Waals surface area contributed by atoms with Crippen LogP contribution in [-0.2, 0) is 30.5 Å². The van der Waals surface area contributed by atoms with Gasteiger partial charge in [0.25, 0.3) is 0 Å². The van der Waals surface area contributed by atoms with Crippen LogP contribution in [-0.4, -0.2) is 30.8 Å². The molecule has 0 bridgehead atoms. The van der Waals surface area contributed by atoms with Crippen LogP contribution in [0.2, 0.25) is 0 Å². The van der Waals surface area contributed by atoms with Crippen molar-refractivity contribution in [1.82, 2.24) is 0 Å². The van der Waals surface area contributed by atoms with E-state index < -0.39 is 27.9 Å². The van der Waals surface area contributed by atoms with Crippen molar-refractivity contribution in [3.8, 4) is 0 Å². The number of ether oxygens (including phenoxy) is 1. The molecule has 0 saturated carbocycles. The van der Waals surface area contributed by atoms with Gasteiger partial charge >= 0.3 is 11.2 Å². The van der Waals surface area contributed by atoms with E-state index in [-0.39, 0.29) is 17.3 Å². The molecule has 34 heavy (non-hydrogen) atoms. The quantitative estimate of drug-likeness (QED) is 0.212. The number of alkyl halides is 2. The van der Waals surface area contributed by atoms with Crippen LogP contribution < -0.4 is 0 Å². The van der Waals surface area contributed by atoms with E-state index in [1.807, 2.05) is 0 Å². The van der Waals surface area contributed by atoms with Crippen molar-refractivity contribution in [1.29, 1.82) is 0 Å². The maximum absolute atomic E-state index is 12.4. The number of unbranched alkanes of at least 4 members (excludes halogenated alkanes) is 1. The Morgan fingerprint density at radius 3 is 1.56 bits per heavy atom. The number of benzene rings is 3. The Morgan fingerprint density at radius 2 is 1.24 bits per heavy atom. The van der Waals surface area contributed by atoms with Crippen LogP contribution in [0.15, 0.2) is 106 Å². The maximum Gasteiger partial charge on any atom is 0.367 e. The number of esters is 1. The van der Waals surface area contributed by atoms with Crippen molar-refractivity contribution in [3.63, 3.8) is 0 Å². The molecular formula is C25H26F2O5S2. The summed E-state index contributed by atoms with van der Waals surface area (Å²) in [5.41, 5.74) is 0. The average Bonchev–Trinajstić information content (AvgIpc) is 2.83. The smallest absolute Gasteiger partial charge is 0.367 e. The molecule has 9 heteroatoms. The van der Waals surface area contributed by atoms with Gasteiger partial charge in [0.1, 0.15) is 0 Å². The van der Waals surface area contributed by atoms with Gasteiger partial charge in [-0.25, -0.2) is 8.42 Å². The summed E-state index contributed by atoms with van der Waals surface area (Å²) in [4.78, 5) is 14.8. The third-order valence-electron chi connectivity index (χ3n) is 4.44. The highest BCUT2D eigenvalue weighted by molar-refractivity contribution is 7.97. The molecule has 0 unspecified atom stereocenters. The largest absolute Gasteiger partial charge is 0.743 e. The minimum Gasteiger partial charge on any atom is -0.743 e. The van der Waals surface area contributed by atoms with Crippen molar-refractivity contribution >= 4 is 27.0 Å². The number of carbonyl (C=O) groups is 1. The summed E-state index contributed by atoms with van der Waals surface area (Å²) in [6, 6.07) is 32.2. The van der Waals surface area contributed by atoms with Crippen molar-refractivity contribution in [3.05, 3.63) is 91.0 Å². The van der Waals surface area contributed by atoms with E-state index in [1.165, 1.54) is 14.7 Å². The van der Waals surface area contributed by atoms with Gasteiger partial charge in [-0.1, -0.05) is 67.9 Å². The fraction of sp³-hybridized carbons (Fsp3) is 0.240. The predicted octanol–water partition coefficient (Wildman–Crippen LogP) is 5.64. The van der Waals surface area contributed by atoms with Gasteiger partial charge in [-0.15, -0.1) is 0 Å². The molecule has 0 saturated heterocycles. The summed E-state index contributed by atoms with van der Waals surface area (Å²) < 4.78 is 58.8. The fourth-order valence-electron chi connectivity index (χ4n) is 2.71. The van der Waals surface area contributed by atoms with E-state index in [2.05, 4.69) is 95.7 Å². The first-order chi connectivity index (χ1) is 16.2. The first-order valence-electron chi connectivity index (χ1n) is 10.5. The molecule has 0 aliphatic rings. The van der Waals surface area contributed by atoms with E-state index in [9.17, 15) is 26.5 Å². The van der Waals surface area contributed by atoms with Crippen molar-refractivity contribution < 1.29 is 31.3 Å². The highest BCUT2D eigenvalue weighted by Crippen LogP contribution is 2.30. The second-order valence-corrected chi connectivity index (χ2v) is 10.6. The minimum absolute atomic E-state index is 0.0146. The molecule has 0 heterocycles. The van der Waals surface area contributed by atoms with E-state index >= 15 is 0 Å². The highest BCUT2D eigenvalue weighted by Gasteiger charge is 2.39. The van der Waals surface area contributed by atoms with Crippen LogP contribution in [0.5, 0.6) is 0 Å². The Balaban J connectivity index is 0.000000249. The molecule has 5 nitrogen and oxygen atoms in total. The van der Waals surface area contributed by atoms with E-state index in [0.717, 1.165) is 0 Å². The van der Waals surface area contributed by atoms with Gasteiger partial charge in [0.2, 0.25) is 0 Å². The van der Waals surface area contributed by atoms with Crippen LogP contribution >= 0.6 is 0 Å². The lowest BCUT2D eigenvalue weighted by atomic mass is 10.2. The maximum atomic E-state index is 12.4. The van der Waals surface area contributed by atoms with Crippen molar-refractivity contribution in [2.24, 2.45) is 0 Å². The Hall–Kier alpha value is -2.75. The lowest BCUT2D eigenvalue weighted by molar-refractivity contribution is -0.149. The molecule has 3 aromatic carbocycles. The topological polar surface area (TPSA) is 83.5 Å². The SMILES string of the molecule is CCCCC(=O)OCC(F)(F)S(=O)(=O)[O-].c1ccc([S+](c2ccccc2)c2ccccc2)cc1. The second kappa shape index (κ2) is 13.2. The number of hydrogen-bond acceptors (Lipinski definition) is 5. The number of rotatable bonds is 9. The van der Waals surface area contributed by atoms with Gasteiger partial charge in [0, 0.05) is 6.42 Å². The molecule has 0 aromatic heterocycles. The zero-order chi connectivity index (χ0) is 25.0. The molecule has 0 aliphatic heterocycles. The normalized spacial score (nSPS) is 11.4. The summed E-state index contributed by atoms with van der Waals surface area (Å²) in [7, 11) is -5.79. The average molecular weight is 509 g/mol. The number of halogens is 2. The standard InChI is InChI=1S/C18H15S.C7H12F2O5S/c1-4-10-16(11-5-1)19(17-12-6-2-7-13-17)18-14-8-3-9-15-18;1-2-3-4-6(10)14-5-7(8,9)15(11,12)13/h1-15H;2-5H2,1H3,(H,11,12,13)/q+1;/p-1. The zero-order valence-electron chi connectivity index (χ0n) is 18.6. The lowest BCUT2D eigenvalue weighted by Crippen LogP contribution is -2.34. The highest BCUT2D eigenvalue weighted by atomic mass is 32.2. The van der Waals surface area contributed by atoms with Gasteiger partial charge < -0.3 is 9.29 Å². The minimum atomic E-state index is -5.78. The van der Waals surface area contributed by atoms with Gasteiger partial charge in [0.05, 0.1) is 10.9 Å². The summed E-state index contributed by atoms with van der Waals surface area (Å²) >= 11 is 0. The Kier molecular flexibility index (Phi) is 10.7. The van der Waals surface area contributed by atoms with E-state index in [1.54, 1.807) is 6.92 Å². The van der Waals surface area contributed by atoms with Gasteiger partial charge in [0.15, 0.2) is 31.4 Å². The molecule has 0 spiro atoms. The monoisotopic (exact) mass is 508 g/mol. The molecular weight excluding hydrogens is 482 g/mol. The molecule has 3 rings (SSSR count). The van der Waals surface area contributed by atoms with Crippen LogP contribution in [0.25, 0.3) is 0 Å². The summed E-state index contributed by atoms with van der Waals surface area (Å²) in [6.45, 7) is 0.0609. The lowest BCUT2D eigenvalue weighted by Gasteiger charge is -2.19. The molecule has 0 aliphatic carbocycles. The van der Waals surface area contributed by atoms with Gasteiger partial charge in [-0.2, -0.15) is 8.78 Å². The van der Waals surface area contributed by atoms with Crippen molar-refractivity contribution in [2.45, 2.75) is 46.1 Å². The van der Waals surface area contributed by atoms with Gasteiger partial charge in [-0.3, -0.25) is 4.79 Å². The Bertz CT molecular complexity index is 1020. The first-order valence-corrected chi connectivity index (χ1v) is 13.2. The summed E-state index contributed by atoms with van der Waals surface area (Å²) in [5.74, 6) is -0.944. The van der Waals surface area contributed by atoms with E-state index in [4.69, 9.17) is 0 Å². The fourth-order valence-corrected chi connectivity index (χ4v) is 5.02. The molecule has 0 atom stereocenters. The predicted molar refractivity (Wildman–Crippen MR) is 127 cm³/mol. The molecule has 0 radical (unpaired) electrons. The first kappa shape index (κ1) is 27.5. The third-order valence-corrected chi connectivity index (χ3v) is 7.52. The van der Waals surface area contributed by atoms with E-state index in [0.29, 0.717) is 12.8 Å². The van der Waals surface area contributed by atoms with Crippen LogP contribution in [0.4, 0.5) is 8.78 Å². The third kappa shape index (κ3) is 8.55. The van der Waals surface area contributed by atoms with Crippen LogP contribution in [0, 0.1) is 0 Å². The molecule has 0 N–H and O–H groups in total. The molecule has 3 aromatic rings. The summed E-state index contributed by atoms with van der Waals surface area (Å²) in [6.07, 6.45) is 1.05. The van der Waals surface area contributed by atoms with Crippen molar-refractivity contribution in [2.75, 3.05) is 6.61 Å². The number of carbonyl (C=O) groups excluding carboxylic acids is 1. The van der Waals surface area contributed by atoms with Crippen LogP contribution in [0.1, 0.15) is 26.2 Å². The zero-order valence-corrected chi connectivity index (χ0v) is 20.2. The molecule has 0 fully saturated rings.